The van der Waals surface area contributed by atoms with Crippen molar-refractivity contribution in [1.82, 2.24) is 21.0 Å². The number of aromatic nitrogens is 2. The van der Waals surface area contributed by atoms with E-state index in [0.717, 1.165) is 0 Å². The van der Waals surface area contributed by atoms with Gasteiger partial charge in [-0.05, 0) is 24.3 Å². The van der Waals surface area contributed by atoms with Gasteiger partial charge in [0.05, 0.1) is 14.2 Å². The average molecular weight is 586 g/mol. The quantitative estimate of drug-likeness (QED) is 0.213. The molecule has 0 fully saturated rings. The molecule has 3 heterocycles. The van der Waals surface area contributed by atoms with Gasteiger partial charge >= 0.3 is 30.1 Å². The number of nitrogens with zero attached hydrogens (tertiary/aromatic N) is 2. The maximum Gasteiger partial charge on any atom is 0.472 e. The summed E-state index contributed by atoms with van der Waals surface area (Å²) in [4.78, 5) is 22.2. The highest BCUT2D eigenvalue weighted by molar-refractivity contribution is 5.98. The van der Waals surface area contributed by atoms with Crippen molar-refractivity contribution in [3.63, 3.8) is 0 Å². The van der Waals surface area contributed by atoms with Crippen LogP contribution in [-0.2, 0) is 11.0 Å². The molecule has 0 aliphatic rings. The largest absolute Gasteiger partial charge is 0.493 e. The molecule has 2 aromatic carbocycles. The molecule has 5 rings (SSSR count). The molecule has 2 amide bonds. The van der Waals surface area contributed by atoms with E-state index in [9.17, 15) is 35.9 Å². The molecule has 0 bridgehead atoms. The van der Waals surface area contributed by atoms with Crippen LogP contribution in [0, 0.1) is 0 Å². The van der Waals surface area contributed by atoms with E-state index in [1.165, 1.54) is 31.8 Å². The fourth-order valence-corrected chi connectivity index (χ4v) is 3.29. The minimum absolute atomic E-state index is 0.0486. The van der Waals surface area contributed by atoms with Gasteiger partial charge in [-0.25, -0.2) is 0 Å². The van der Waals surface area contributed by atoms with Crippen LogP contribution >= 0.6 is 0 Å². The number of ether oxygens (including phenoxy) is 2. The molecular formula is C24H16F6N4O7. The first-order chi connectivity index (χ1) is 19.3. The van der Waals surface area contributed by atoms with Crippen molar-refractivity contribution in [2.45, 2.75) is 12.4 Å². The van der Waals surface area contributed by atoms with Crippen LogP contribution in [0.4, 0.5) is 26.3 Å². The zero-order chi connectivity index (χ0) is 29.9. The molecule has 0 aliphatic carbocycles. The van der Waals surface area contributed by atoms with E-state index in [4.69, 9.17) is 18.3 Å². The Kier molecular flexibility index (Phi) is 7.80. The number of fused-ring (bicyclic) bond motifs is 2. The molecule has 0 saturated carbocycles. The maximum atomic E-state index is 12.4. The highest BCUT2D eigenvalue weighted by Crippen LogP contribution is 2.35. The van der Waals surface area contributed by atoms with Crippen LogP contribution in [0.1, 0.15) is 16.4 Å². The third-order valence-corrected chi connectivity index (χ3v) is 5.10. The Bertz CT molecular complexity index is 1700. The van der Waals surface area contributed by atoms with Crippen molar-refractivity contribution in [3.05, 3.63) is 60.2 Å². The van der Waals surface area contributed by atoms with Gasteiger partial charge in [-0.2, -0.15) is 26.3 Å². The van der Waals surface area contributed by atoms with Crippen LogP contribution in [0.2, 0.25) is 0 Å². The molecule has 2 N–H and O–H groups in total. The number of rotatable bonds is 4. The van der Waals surface area contributed by atoms with E-state index < -0.39 is 30.1 Å². The summed E-state index contributed by atoms with van der Waals surface area (Å²) >= 11 is 0. The Morgan fingerprint density at radius 1 is 0.780 bits per heavy atom. The first-order valence-electron chi connectivity index (χ1n) is 11.0. The van der Waals surface area contributed by atoms with Crippen LogP contribution in [0.25, 0.3) is 33.6 Å². The highest BCUT2D eigenvalue weighted by Gasteiger charge is 2.39. The van der Waals surface area contributed by atoms with E-state index in [1.807, 2.05) is 0 Å². The third kappa shape index (κ3) is 6.34. The molecule has 0 saturated heterocycles. The lowest BCUT2D eigenvalue weighted by molar-refractivity contribution is -0.174. The molecule has 11 nitrogen and oxygen atoms in total. The lowest BCUT2D eigenvalue weighted by Gasteiger charge is -2.07. The molecule has 17 heteroatoms. The number of nitrogens with one attached hydrogen (secondary N) is 2. The van der Waals surface area contributed by atoms with E-state index in [2.05, 4.69) is 14.6 Å². The zero-order valence-corrected chi connectivity index (χ0v) is 20.6. The second-order valence-electron chi connectivity index (χ2n) is 7.79. The van der Waals surface area contributed by atoms with E-state index in [-0.39, 0.29) is 23.0 Å². The number of benzene rings is 2. The third-order valence-electron chi connectivity index (χ3n) is 5.10. The van der Waals surface area contributed by atoms with E-state index >= 15 is 0 Å². The number of hydrogen-bond acceptors (Lipinski definition) is 9. The molecule has 0 radical (unpaired) electrons. The van der Waals surface area contributed by atoms with Gasteiger partial charge in [-0.3, -0.25) is 20.4 Å². The topological polar surface area (TPSA) is 142 Å². The zero-order valence-electron chi connectivity index (χ0n) is 20.6. The van der Waals surface area contributed by atoms with Crippen LogP contribution in [0.5, 0.6) is 11.5 Å². The number of hydrogen-bond donors (Lipinski definition) is 2. The van der Waals surface area contributed by atoms with Gasteiger partial charge in [0.25, 0.3) is 5.89 Å². The van der Waals surface area contributed by atoms with Crippen molar-refractivity contribution in [1.29, 1.82) is 0 Å². The molecule has 0 spiro atoms. The molecule has 0 unspecified atom stereocenters. The van der Waals surface area contributed by atoms with Crippen LogP contribution < -0.4 is 20.3 Å². The van der Waals surface area contributed by atoms with Crippen molar-refractivity contribution in [2.24, 2.45) is 0 Å². The number of carbonyl (C=O) groups is 2. The van der Waals surface area contributed by atoms with Crippen LogP contribution in [0.3, 0.4) is 0 Å². The van der Waals surface area contributed by atoms with Gasteiger partial charge in [-0.1, -0.05) is 24.3 Å². The lowest BCUT2D eigenvalue weighted by Crippen LogP contribution is -2.47. The number of amides is 2. The Morgan fingerprint density at radius 2 is 1.37 bits per heavy atom. The van der Waals surface area contributed by atoms with Crippen LogP contribution in [0.15, 0.2) is 61.8 Å². The Morgan fingerprint density at radius 3 is 1.90 bits per heavy atom. The summed E-state index contributed by atoms with van der Waals surface area (Å²) in [7, 11) is 2.87. The molecule has 0 aliphatic heterocycles. The minimum Gasteiger partial charge on any atom is -0.493 e. The molecule has 41 heavy (non-hydrogen) atoms. The number of halogens is 6. The summed E-state index contributed by atoms with van der Waals surface area (Å²) in [6.07, 6.45) is -9.78. The predicted molar refractivity (Wildman–Crippen MR) is 125 cm³/mol. The van der Waals surface area contributed by atoms with Crippen molar-refractivity contribution in [2.75, 3.05) is 14.2 Å². The molecule has 216 valence electrons. The smallest absolute Gasteiger partial charge is 0.472 e. The number of para-hydroxylation sites is 2. The predicted octanol–water partition coefficient (Wildman–Crippen LogP) is 5.27. The molecule has 0 atom stereocenters. The van der Waals surface area contributed by atoms with Crippen LogP contribution in [-0.4, -0.2) is 42.4 Å². The minimum atomic E-state index is -5.09. The number of alkyl halides is 6. The van der Waals surface area contributed by atoms with Crippen molar-refractivity contribution in [3.8, 4) is 23.1 Å². The summed E-state index contributed by atoms with van der Waals surface area (Å²) < 4.78 is 98.4. The SMILES string of the molecule is COc1cccc2cc(-c3nnc(C(F)(F)F)o3)oc12.COc1cccc2cc(C(=O)NNC(=O)C(F)(F)F)oc12. The molecule has 3 aromatic heterocycles. The van der Waals surface area contributed by atoms with E-state index in [1.54, 1.807) is 41.8 Å². The first kappa shape index (κ1) is 28.8. The average Bonchev–Trinajstić information content (AvgIpc) is 3.68. The summed E-state index contributed by atoms with van der Waals surface area (Å²) in [5.74, 6) is -4.45. The number of methoxy groups -OCH3 is 2. The van der Waals surface area contributed by atoms with E-state index in [0.29, 0.717) is 27.9 Å². The first-order valence-corrected chi connectivity index (χ1v) is 11.0. The van der Waals surface area contributed by atoms with Gasteiger partial charge in [-0.15, -0.1) is 10.2 Å². The fraction of sp³-hybridized carbons (Fsp3) is 0.167. The second-order valence-corrected chi connectivity index (χ2v) is 7.79. The van der Waals surface area contributed by atoms with Crippen molar-refractivity contribution < 1.29 is 58.7 Å². The lowest BCUT2D eigenvalue weighted by atomic mass is 10.2. The summed E-state index contributed by atoms with van der Waals surface area (Å²) in [6.45, 7) is 0. The van der Waals surface area contributed by atoms with Gasteiger partial charge in [0.1, 0.15) is 0 Å². The Balaban J connectivity index is 0.000000189. The summed E-state index contributed by atoms with van der Waals surface area (Å²) in [5.41, 5.74) is 3.52. The fourth-order valence-electron chi connectivity index (χ4n) is 3.29. The normalized spacial score (nSPS) is 11.6. The number of carbonyl (C=O) groups excluding carboxylic acids is 2. The van der Waals surface area contributed by atoms with Crippen molar-refractivity contribution >= 4 is 33.8 Å². The molecular weight excluding hydrogens is 570 g/mol. The highest BCUT2D eigenvalue weighted by atomic mass is 19.4. The summed E-state index contributed by atoms with van der Waals surface area (Å²) in [6, 6.07) is 12.8. The maximum absolute atomic E-state index is 12.4. The monoisotopic (exact) mass is 586 g/mol. The molecule has 5 aromatic rings. The van der Waals surface area contributed by atoms with Gasteiger partial charge < -0.3 is 22.7 Å². The Hall–Kier alpha value is -5.22. The number of hydrazine groups is 1. The standard InChI is InChI=1S/C12H9F3N2O4.C12H7F3N2O3/c1-20-7-4-2-3-6-5-8(21-9(6)7)10(18)16-17-11(19)12(13,14)15;1-18-7-4-2-3-6-5-8(19-9(6)7)10-16-17-11(20-10)12(13,14)15/h2-5H,1H3,(H,16,18)(H,17,19);2-5H,1H3. The van der Waals surface area contributed by atoms with Gasteiger partial charge in [0.15, 0.2) is 34.2 Å². The van der Waals surface area contributed by atoms with Gasteiger partial charge in [0.2, 0.25) is 0 Å². The second kappa shape index (κ2) is 11.1. The Labute approximate surface area is 224 Å². The van der Waals surface area contributed by atoms with Gasteiger partial charge in [0, 0.05) is 10.8 Å². The number of furan rings is 2. The summed E-state index contributed by atoms with van der Waals surface area (Å²) in [5, 5.41) is 7.46.